The highest BCUT2D eigenvalue weighted by atomic mass is 16.2. The van der Waals surface area contributed by atoms with Crippen molar-refractivity contribution < 1.29 is 5.11 Å². The predicted octanol–water partition coefficient (Wildman–Crippen LogP) is 0.677. The fourth-order valence-corrected chi connectivity index (χ4v) is 1.36. The zero-order chi connectivity index (χ0) is 7.40. The number of hydrogen-bond acceptors (Lipinski definition) is 2. The maximum absolute atomic E-state index is 8.61. The molecule has 58 valence electrons. The Morgan fingerprint density at radius 2 is 2.60 bits per heavy atom. The summed E-state index contributed by atoms with van der Waals surface area (Å²) in [6.45, 7) is 3.43. The SMILES string of the molecule is CC1CC(=CCO)CCN1. The van der Waals surface area contributed by atoms with E-state index in [4.69, 9.17) is 5.11 Å². The Bertz CT molecular complexity index is 131. The Morgan fingerprint density at radius 1 is 1.80 bits per heavy atom. The molecule has 1 heterocycles. The highest BCUT2D eigenvalue weighted by Gasteiger charge is 2.10. The number of aliphatic hydroxyl groups is 1. The second-order valence-corrected chi connectivity index (χ2v) is 2.85. The van der Waals surface area contributed by atoms with Crippen LogP contribution in [-0.2, 0) is 0 Å². The largest absolute Gasteiger partial charge is 0.392 e. The number of aliphatic hydroxyl groups excluding tert-OH is 1. The third kappa shape index (κ3) is 2.12. The molecule has 0 aliphatic carbocycles. The molecule has 1 saturated heterocycles. The van der Waals surface area contributed by atoms with E-state index in [-0.39, 0.29) is 6.61 Å². The maximum atomic E-state index is 8.61. The van der Waals surface area contributed by atoms with E-state index in [2.05, 4.69) is 12.2 Å². The van der Waals surface area contributed by atoms with Gasteiger partial charge >= 0.3 is 0 Å². The summed E-state index contributed by atoms with van der Waals surface area (Å²) >= 11 is 0. The van der Waals surface area contributed by atoms with Gasteiger partial charge in [-0.2, -0.15) is 0 Å². The van der Waals surface area contributed by atoms with E-state index in [0.717, 1.165) is 19.4 Å². The summed E-state index contributed by atoms with van der Waals surface area (Å²) in [5.41, 5.74) is 1.40. The summed E-state index contributed by atoms with van der Waals surface area (Å²) in [5.74, 6) is 0. The lowest BCUT2D eigenvalue weighted by molar-refractivity contribution is 0.339. The molecule has 0 spiro atoms. The summed E-state index contributed by atoms with van der Waals surface area (Å²) in [7, 11) is 0. The fourth-order valence-electron chi connectivity index (χ4n) is 1.36. The lowest BCUT2D eigenvalue weighted by Crippen LogP contribution is -2.32. The zero-order valence-corrected chi connectivity index (χ0v) is 6.43. The lowest BCUT2D eigenvalue weighted by atomic mass is 10.00. The normalized spacial score (nSPS) is 31.0. The fraction of sp³-hybridized carbons (Fsp3) is 0.750. The van der Waals surface area contributed by atoms with Crippen LogP contribution in [0.25, 0.3) is 0 Å². The van der Waals surface area contributed by atoms with Crippen molar-refractivity contribution in [2.24, 2.45) is 0 Å². The predicted molar refractivity (Wildman–Crippen MR) is 41.9 cm³/mol. The third-order valence-electron chi connectivity index (χ3n) is 1.89. The van der Waals surface area contributed by atoms with E-state index >= 15 is 0 Å². The van der Waals surface area contributed by atoms with E-state index < -0.39 is 0 Å². The molecule has 0 bridgehead atoms. The van der Waals surface area contributed by atoms with E-state index in [1.54, 1.807) is 0 Å². The topological polar surface area (TPSA) is 32.3 Å². The number of hydrogen-bond donors (Lipinski definition) is 2. The van der Waals surface area contributed by atoms with Crippen molar-refractivity contribution in [1.29, 1.82) is 0 Å². The van der Waals surface area contributed by atoms with Gasteiger partial charge in [0, 0.05) is 6.04 Å². The Morgan fingerprint density at radius 3 is 3.20 bits per heavy atom. The van der Waals surface area contributed by atoms with Crippen molar-refractivity contribution in [2.45, 2.75) is 25.8 Å². The molecule has 1 atom stereocenters. The molecule has 0 aromatic carbocycles. The van der Waals surface area contributed by atoms with Crippen molar-refractivity contribution in [3.05, 3.63) is 11.6 Å². The minimum atomic E-state index is 0.196. The highest BCUT2D eigenvalue weighted by molar-refractivity contribution is 5.07. The monoisotopic (exact) mass is 141 g/mol. The first-order chi connectivity index (χ1) is 4.83. The van der Waals surface area contributed by atoms with Gasteiger partial charge in [0.15, 0.2) is 0 Å². The van der Waals surface area contributed by atoms with Crippen molar-refractivity contribution in [2.75, 3.05) is 13.2 Å². The van der Waals surface area contributed by atoms with Crippen molar-refractivity contribution >= 4 is 0 Å². The summed E-state index contributed by atoms with van der Waals surface area (Å²) in [6.07, 6.45) is 4.13. The molecular formula is C8H15NO. The van der Waals surface area contributed by atoms with Crippen molar-refractivity contribution in [1.82, 2.24) is 5.32 Å². The van der Waals surface area contributed by atoms with E-state index in [1.807, 2.05) is 6.08 Å². The van der Waals surface area contributed by atoms with Gasteiger partial charge in [0.25, 0.3) is 0 Å². The molecule has 1 unspecified atom stereocenters. The first-order valence-electron chi connectivity index (χ1n) is 3.85. The molecule has 2 N–H and O–H groups in total. The summed E-state index contributed by atoms with van der Waals surface area (Å²) in [5, 5.41) is 12.0. The van der Waals surface area contributed by atoms with Gasteiger partial charge in [-0.1, -0.05) is 11.6 Å². The lowest BCUT2D eigenvalue weighted by Gasteiger charge is -2.22. The highest BCUT2D eigenvalue weighted by Crippen LogP contribution is 2.13. The molecule has 10 heavy (non-hydrogen) atoms. The quantitative estimate of drug-likeness (QED) is 0.526. The molecule has 2 heteroatoms. The van der Waals surface area contributed by atoms with Crippen LogP contribution < -0.4 is 5.32 Å². The Balaban J connectivity index is 2.39. The second kappa shape index (κ2) is 3.74. The van der Waals surface area contributed by atoms with Crippen LogP contribution in [0.15, 0.2) is 11.6 Å². The van der Waals surface area contributed by atoms with E-state index in [0.29, 0.717) is 6.04 Å². The van der Waals surface area contributed by atoms with Crippen LogP contribution in [0.4, 0.5) is 0 Å². The van der Waals surface area contributed by atoms with Crippen LogP contribution in [0.3, 0.4) is 0 Å². The van der Waals surface area contributed by atoms with Gasteiger partial charge in [-0.15, -0.1) is 0 Å². The smallest absolute Gasteiger partial charge is 0.0615 e. The van der Waals surface area contributed by atoms with Crippen LogP contribution in [-0.4, -0.2) is 24.3 Å². The molecule has 0 aromatic rings. The molecule has 1 fully saturated rings. The summed E-state index contributed by atoms with van der Waals surface area (Å²) in [6, 6.07) is 0.589. The minimum Gasteiger partial charge on any atom is -0.392 e. The van der Waals surface area contributed by atoms with Crippen molar-refractivity contribution in [3.8, 4) is 0 Å². The van der Waals surface area contributed by atoms with Gasteiger partial charge in [-0.3, -0.25) is 0 Å². The minimum absolute atomic E-state index is 0.196. The molecule has 0 aromatic heterocycles. The van der Waals surface area contributed by atoms with Crippen LogP contribution in [0.2, 0.25) is 0 Å². The van der Waals surface area contributed by atoms with Crippen LogP contribution in [0, 0.1) is 0 Å². The van der Waals surface area contributed by atoms with Crippen LogP contribution in [0.1, 0.15) is 19.8 Å². The Labute approximate surface area is 61.9 Å². The Kier molecular flexibility index (Phi) is 2.90. The first-order valence-corrected chi connectivity index (χ1v) is 3.85. The van der Waals surface area contributed by atoms with Gasteiger partial charge < -0.3 is 10.4 Å². The summed E-state index contributed by atoms with van der Waals surface area (Å²) < 4.78 is 0. The third-order valence-corrected chi connectivity index (χ3v) is 1.89. The van der Waals surface area contributed by atoms with Crippen LogP contribution >= 0.6 is 0 Å². The molecule has 0 amide bonds. The molecule has 0 radical (unpaired) electrons. The van der Waals surface area contributed by atoms with Gasteiger partial charge in [0.2, 0.25) is 0 Å². The summed E-state index contributed by atoms with van der Waals surface area (Å²) in [4.78, 5) is 0. The molecule has 1 rings (SSSR count). The number of piperidine rings is 1. The van der Waals surface area contributed by atoms with Gasteiger partial charge in [-0.05, 0) is 26.3 Å². The maximum Gasteiger partial charge on any atom is 0.0615 e. The molecule has 2 nitrogen and oxygen atoms in total. The average Bonchev–Trinajstić information content (AvgIpc) is 1.88. The molecule has 0 saturated carbocycles. The van der Waals surface area contributed by atoms with Gasteiger partial charge in [-0.25, -0.2) is 0 Å². The number of nitrogens with one attached hydrogen (secondary N) is 1. The second-order valence-electron chi connectivity index (χ2n) is 2.85. The molecular weight excluding hydrogens is 126 g/mol. The van der Waals surface area contributed by atoms with Gasteiger partial charge in [0.1, 0.15) is 0 Å². The van der Waals surface area contributed by atoms with E-state index in [1.165, 1.54) is 5.57 Å². The standard InChI is InChI=1S/C8H15NO/c1-7-6-8(3-5-10)2-4-9-7/h3,7,9-10H,2,4-6H2,1H3. The van der Waals surface area contributed by atoms with Crippen LogP contribution in [0.5, 0.6) is 0 Å². The average molecular weight is 141 g/mol. The van der Waals surface area contributed by atoms with E-state index in [9.17, 15) is 0 Å². The zero-order valence-electron chi connectivity index (χ0n) is 6.43. The Hall–Kier alpha value is -0.340. The van der Waals surface area contributed by atoms with Gasteiger partial charge in [0.05, 0.1) is 6.61 Å². The number of rotatable bonds is 1. The van der Waals surface area contributed by atoms with Crippen molar-refractivity contribution in [3.63, 3.8) is 0 Å². The molecule has 1 aliphatic rings. The first kappa shape index (κ1) is 7.76. The molecule has 1 aliphatic heterocycles.